The summed E-state index contributed by atoms with van der Waals surface area (Å²) in [6, 6.07) is 15.4. The third-order valence-corrected chi connectivity index (χ3v) is 6.05. The van der Waals surface area contributed by atoms with Crippen LogP contribution < -0.4 is 9.62 Å². The Hall–Kier alpha value is -2.97. The van der Waals surface area contributed by atoms with E-state index in [1.807, 2.05) is 30.3 Å². The van der Waals surface area contributed by atoms with Gasteiger partial charge in [0.1, 0.15) is 6.04 Å². The Kier molecular flexibility index (Phi) is 7.25. The van der Waals surface area contributed by atoms with Gasteiger partial charge < -0.3 is 9.64 Å². The van der Waals surface area contributed by atoms with Gasteiger partial charge in [-0.1, -0.05) is 62.4 Å². The summed E-state index contributed by atoms with van der Waals surface area (Å²) in [5.41, 5.74) is 2.60. The summed E-state index contributed by atoms with van der Waals surface area (Å²) < 4.78 is 32.4. The van der Waals surface area contributed by atoms with E-state index in [0.29, 0.717) is 12.1 Å². The molecule has 0 radical (unpaired) electrons. The zero-order valence-electron chi connectivity index (χ0n) is 17.5. The minimum Gasteiger partial charge on any atom is -0.454 e. The van der Waals surface area contributed by atoms with Gasteiger partial charge in [-0.25, -0.2) is 8.42 Å². The highest BCUT2D eigenvalue weighted by Crippen LogP contribution is 2.27. The number of fused-ring (bicyclic) bond motifs is 1. The summed E-state index contributed by atoms with van der Waals surface area (Å²) >= 11 is 0. The Morgan fingerprint density at radius 2 is 1.77 bits per heavy atom. The SMILES string of the molecule is CC(C)[C@H](NS(=O)(=O)/C=C/c1ccccc1)C(=O)OCC(=O)N1CCc2ccccc21. The van der Waals surface area contributed by atoms with E-state index >= 15 is 0 Å². The number of rotatable bonds is 8. The Balaban J connectivity index is 1.60. The van der Waals surface area contributed by atoms with Crippen LogP contribution in [0.4, 0.5) is 5.69 Å². The van der Waals surface area contributed by atoms with Crippen LogP contribution in [0.3, 0.4) is 0 Å². The van der Waals surface area contributed by atoms with Crippen molar-refractivity contribution in [3.05, 3.63) is 71.1 Å². The first-order chi connectivity index (χ1) is 14.8. The molecule has 31 heavy (non-hydrogen) atoms. The minimum absolute atomic E-state index is 0.340. The third kappa shape index (κ3) is 6.02. The Labute approximate surface area is 182 Å². The maximum Gasteiger partial charge on any atom is 0.324 e. The van der Waals surface area contributed by atoms with Gasteiger partial charge in [-0.15, -0.1) is 0 Å². The average molecular weight is 443 g/mol. The summed E-state index contributed by atoms with van der Waals surface area (Å²) in [5.74, 6) is -1.49. The molecule has 0 saturated heterocycles. The minimum atomic E-state index is -3.89. The lowest BCUT2D eigenvalue weighted by atomic mass is 10.1. The van der Waals surface area contributed by atoms with Crippen LogP contribution in [0.25, 0.3) is 6.08 Å². The molecular weight excluding hydrogens is 416 g/mol. The molecule has 8 heteroatoms. The molecule has 164 valence electrons. The fourth-order valence-corrected chi connectivity index (χ4v) is 4.44. The van der Waals surface area contributed by atoms with E-state index in [-0.39, 0.29) is 11.8 Å². The molecule has 1 atom stereocenters. The molecule has 1 N–H and O–H groups in total. The molecule has 1 aliphatic heterocycles. The van der Waals surface area contributed by atoms with E-state index in [0.717, 1.165) is 23.1 Å². The predicted octanol–water partition coefficient (Wildman–Crippen LogP) is 2.73. The van der Waals surface area contributed by atoms with Crippen molar-refractivity contribution in [2.75, 3.05) is 18.1 Å². The zero-order valence-corrected chi connectivity index (χ0v) is 18.3. The maximum atomic E-state index is 12.6. The molecule has 3 rings (SSSR count). The number of hydrogen-bond donors (Lipinski definition) is 1. The van der Waals surface area contributed by atoms with Crippen LogP contribution in [-0.4, -0.2) is 39.5 Å². The van der Waals surface area contributed by atoms with Gasteiger partial charge in [-0.2, -0.15) is 4.72 Å². The van der Waals surface area contributed by atoms with Crippen molar-refractivity contribution in [1.82, 2.24) is 4.72 Å². The van der Waals surface area contributed by atoms with Gasteiger partial charge in [0.2, 0.25) is 10.0 Å². The topological polar surface area (TPSA) is 92.8 Å². The van der Waals surface area contributed by atoms with Crippen LogP contribution >= 0.6 is 0 Å². The van der Waals surface area contributed by atoms with Gasteiger partial charge >= 0.3 is 5.97 Å². The lowest BCUT2D eigenvalue weighted by molar-refractivity contribution is -0.150. The second-order valence-corrected chi connectivity index (χ2v) is 9.23. The molecule has 0 aliphatic carbocycles. The molecule has 2 aromatic carbocycles. The molecule has 1 aliphatic rings. The van der Waals surface area contributed by atoms with Crippen molar-refractivity contribution in [2.24, 2.45) is 5.92 Å². The summed E-state index contributed by atoms with van der Waals surface area (Å²) in [7, 11) is -3.89. The van der Waals surface area contributed by atoms with Crippen LogP contribution in [0.1, 0.15) is 25.0 Å². The number of benzene rings is 2. The normalized spacial score (nSPS) is 14.6. The van der Waals surface area contributed by atoms with Crippen LogP contribution in [0, 0.1) is 5.92 Å². The fourth-order valence-electron chi connectivity index (χ4n) is 3.30. The molecule has 0 spiro atoms. The highest BCUT2D eigenvalue weighted by Gasteiger charge is 2.30. The van der Waals surface area contributed by atoms with Crippen LogP contribution in [0.2, 0.25) is 0 Å². The van der Waals surface area contributed by atoms with E-state index in [4.69, 9.17) is 4.74 Å². The van der Waals surface area contributed by atoms with Crippen molar-refractivity contribution in [3.8, 4) is 0 Å². The van der Waals surface area contributed by atoms with Crippen molar-refractivity contribution >= 4 is 33.7 Å². The summed E-state index contributed by atoms with van der Waals surface area (Å²) in [6.07, 6.45) is 2.19. The highest BCUT2D eigenvalue weighted by molar-refractivity contribution is 7.92. The highest BCUT2D eigenvalue weighted by atomic mass is 32.2. The molecule has 1 heterocycles. The number of ether oxygens (including phenoxy) is 1. The Bertz CT molecular complexity index is 1060. The second kappa shape index (κ2) is 9.89. The van der Waals surface area contributed by atoms with E-state index < -0.39 is 28.6 Å². The standard InChI is InChI=1S/C23H26N2O5S/c1-17(2)22(24-31(28,29)15-13-18-8-4-3-5-9-18)23(27)30-16-21(26)25-14-12-19-10-6-7-11-20(19)25/h3-11,13,15,17,22,24H,12,14,16H2,1-2H3/b15-13+/t22-/m0/s1. The number of esters is 1. The van der Waals surface area contributed by atoms with Gasteiger partial charge in [0.05, 0.1) is 0 Å². The predicted molar refractivity (Wildman–Crippen MR) is 120 cm³/mol. The first-order valence-electron chi connectivity index (χ1n) is 10.1. The van der Waals surface area contributed by atoms with Gasteiger partial charge in [0.15, 0.2) is 6.61 Å². The fraction of sp³-hybridized carbons (Fsp3) is 0.304. The number of anilines is 1. The number of sulfonamides is 1. The second-order valence-electron chi connectivity index (χ2n) is 7.63. The summed E-state index contributed by atoms with van der Waals surface area (Å²) in [6.45, 7) is 3.49. The van der Waals surface area contributed by atoms with Crippen LogP contribution in [-0.2, 0) is 30.8 Å². The number of nitrogens with one attached hydrogen (secondary N) is 1. The van der Waals surface area contributed by atoms with Crippen molar-refractivity contribution in [3.63, 3.8) is 0 Å². The summed E-state index contributed by atoms with van der Waals surface area (Å²) in [5, 5.41) is 1.01. The van der Waals surface area contributed by atoms with Gasteiger partial charge in [-0.3, -0.25) is 9.59 Å². The third-order valence-electron chi connectivity index (χ3n) is 4.98. The first-order valence-corrected chi connectivity index (χ1v) is 11.6. The number of para-hydroxylation sites is 1. The molecular formula is C23H26N2O5S. The number of nitrogens with zero attached hydrogens (tertiary/aromatic N) is 1. The molecule has 0 unspecified atom stereocenters. The lowest BCUT2D eigenvalue weighted by Gasteiger charge is -2.21. The molecule has 0 aromatic heterocycles. The lowest BCUT2D eigenvalue weighted by Crippen LogP contribution is -2.45. The number of amides is 1. The molecule has 0 bridgehead atoms. The average Bonchev–Trinajstić information content (AvgIpc) is 3.19. The Morgan fingerprint density at radius 3 is 2.48 bits per heavy atom. The van der Waals surface area contributed by atoms with E-state index in [1.54, 1.807) is 43.0 Å². The van der Waals surface area contributed by atoms with Crippen molar-refractivity contribution < 1.29 is 22.7 Å². The largest absolute Gasteiger partial charge is 0.454 e. The number of hydrogen-bond acceptors (Lipinski definition) is 5. The molecule has 1 amide bonds. The monoisotopic (exact) mass is 442 g/mol. The number of carbonyl (C=O) groups is 2. The molecule has 0 fully saturated rings. The zero-order chi connectivity index (χ0) is 22.4. The quantitative estimate of drug-likeness (QED) is 0.635. The first kappa shape index (κ1) is 22.7. The van der Waals surface area contributed by atoms with Crippen molar-refractivity contribution in [1.29, 1.82) is 0 Å². The van der Waals surface area contributed by atoms with Gasteiger partial charge in [-0.05, 0) is 35.6 Å². The molecule has 2 aromatic rings. The van der Waals surface area contributed by atoms with Gasteiger partial charge in [0, 0.05) is 17.6 Å². The van der Waals surface area contributed by atoms with Crippen LogP contribution in [0.15, 0.2) is 60.0 Å². The van der Waals surface area contributed by atoms with Crippen molar-refractivity contribution in [2.45, 2.75) is 26.3 Å². The van der Waals surface area contributed by atoms with Crippen LogP contribution in [0.5, 0.6) is 0 Å². The number of carbonyl (C=O) groups excluding carboxylic acids is 2. The van der Waals surface area contributed by atoms with Gasteiger partial charge in [0.25, 0.3) is 5.91 Å². The van der Waals surface area contributed by atoms with E-state index in [2.05, 4.69) is 4.72 Å². The Morgan fingerprint density at radius 1 is 1.10 bits per heavy atom. The molecule has 7 nitrogen and oxygen atoms in total. The maximum absolute atomic E-state index is 12.6. The summed E-state index contributed by atoms with van der Waals surface area (Å²) in [4.78, 5) is 26.7. The van der Waals surface area contributed by atoms with E-state index in [1.165, 1.54) is 6.08 Å². The molecule has 0 saturated carbocycles. The smallest absolute Gasteiger partial charge is 0.324 e. The van der Waals surface area contributed by atoms with E-state index in [9.17, 15) is 18.0 Å².